The predicted molar refractivity (Wildman–Crippen MR) is 102 cm³/mol. The fraction of sp³-hybridized carbons (Fsp3) is 0.316. The minimum absolute atomic E-state index is 0. The number of carbonyl (C=O) groups is 1. The lowest BCUT2D eigenvalue weighted by Crippen LogP contribution is -2.29. The molecule has 0 radical (unpaired) electrons. The SMILES string of the molecule is Cc1ccc(N)cc1C(=O)NCC(O)c1cccc(OC(C)C)c1.Cl. The van der Waals surface area contributed by atoms with Crippen molar-refractivity contribution in [3.05, 3.63) is 59.2 Å². The third-order valence-corrected chi connectivity index (χ3v) is 3.58. The fourth-order valence-corrected chi connectivity index (χ4v) is 2.35. The largest absolute Gasteiger partial charge is 0.491 e. The molecule has 2 aromatic rings. The summed E-state index contributed by atoms with van der Waals surface area (Å²) in [5.41, 5.74) is 8.30. The Balaban J connectivity index is 0.00000312. The van der Waals surface area contributed by atoms with E-state index in [0.717, 1.165) is 5.56 Å². The van der Waals surface area contributed by atoms with Gasteiger partial charge in [-0.05, 0) is 56.2 Å². The van der Waals surface area contributed by atoms with Gasteiger partial charge in [-0.3, -0.25) is 4.79 Å². The van der Waals surface area contributed by atoms with Gasteiger partial charge in [-0.1, -0.05) is 18.2 Å². The molecule has 1 atom stereocenters. The van der Waals surface area contributed by atoms with Crippen LogP contribution in [0.1, 0.15) is 41.4 Å². The van der Waals surface area contributed by atoms with Crippen LogP contribution in [0.5, 0.6) is 5.75 Å². The first-order chi connectivity index (χ1) is 11.4. The van der Waals surface area contributed by atoms with Crippen LogP contribution >= 0.6 is 12.4 Å². The van der Waals surface area contributed by atoms with E-state index in [9.17, 15) is 9.90 Å². The van der Waals surface area contributed by atoms with E-state index in [1.54, 1.807) is 30.3 Å². The van der Waals surface area contributed by atoms with E-state index in [0.29, 0.717) is 22.6 Å². The van der Waals surface area contributed by atoms with E-state index in [1.165, 1.54) is 0 Å². The van der Waals surface area contributed by atoms with E-state index in [-0.39, 0.29) is 31.0 Å². The molecule has 1 amide bonds. The second-order valence-electron chi connectivity index (χ2n) is 6.04. The van der Waals surface area contributed by atoms with Gasteiger partial charge in [0, 0.05) is 17.8 Å². The van der Waals surface area contributed by atoms with Gasteiger partial charge in [0.15, 0.2) is 0 Å². The number of ether oxygens (including phenoxy) is 1. The number of hydrogen-bond donors (Lipinski definition) is 3. The summed E-state index contributed by atoms with van der Waals surface area (Å²) in [5.74, 6) is 0.438. The van der Waals surface area contributed by atoms with Gasteiger partial charge in [0.05, 0.1) is 12.2 Å². The van der Waals surface area contributed by atoms with Crippen LogP contribution < -0.4 is 15.8 Å². The number of rotatable bonds is 6. The average molecular weight is 365 g/mol. The van der Waals surface area contributed by atoms with Crippen LogP contribution in [0.2, 0.25) is 0 Å². The van der Waals surface area contributed by atoms with Crippen molar-refractivity contribution in [2.45, 2.75) is 33.0 Å². The van der Waals surface area contributed by atoms with E-state index in [1.807, 2.05) is 32.9 Å². The number of anilines is 1. The monoisotopic (exact) mass is 364 g/mol. The Hall–Kier alpha value is -2.24. The Bertz CT molecular complexity index is 720. The molecule has 0 aliphatic heterocycles. The van der Waals surface area contributed by atoms with Crippen LogP contribution in [0.25, 0.3) is 0 Å². The van der Waals surface area contributed by atoms with Gasteiger partial charge in [0.25, 0.3) is 5.91 Å². The van der Waals surface area contributed by atoms with Crippen LogP contribution in [-0.4, -0.2) is 23.7 Å². The predicted octanol–water partition coefficient (Wildman–Crippen LogP) is 3.25. The lowest BCUT2D eigenvalue weighted by atomic mass is 10.1. The number of amides is 1. The van der Waals surface area contributed by atoms with Gasteiger partial charge in [0.1, 0.15) is 5.75 Å². The molecule has 2 rings (SSSR count). The molecule has 0 aromatic heterocycles. The van der Waals surface area contributed by atoms with Crippen LogP contribution in [0, 0.1) is 6.92 Å². The summed E-state index contributed by atoms with van der Waals surface area (Å²) >= 11 is 0. The smallest absolute Gasteiger partial charge is 0.251 e. The molecule has 0 aliphatic carbocycles. The maximum Gasteiger partial charge on any atom is 0.251 e. The standard InChI is InChI=1S/C19H24N2O3.ClH/c1-12(2)24-16-6-4-5-14(9-16)18(22)11-21-19(23)17-10-15(20)8-7-13(17)3;/h4-10,12,18,22H,11,20H2,1-3H3,(H,21,23);1H. The summed E-state index contributed by atoms with van der Waals surface area (Å²) in [7, 11) is 0. The van der Waals surface area contributed by atoms with Gasteiger partial charge >= 0.3 is 0 Å². The number of halogens is 1. The highest BCUT2D eigenvalue weighted by atomic mass is 35.5. The number of aliphatic hydroxyl groups excluding tert-OH is 1. The van der Waals surface area contributed by atoms with Crippen molar-refractivity contribution >= 4 is 24.0 Å². The van der Waals surface area contributed by atoms with Crippen LogP contribution in [0.4, 0.5) is 5.69 Å². The highest BCUT2D eigenvalue weighted by Gasteiger charge is 2.13. The molecule has 0 heterocycles. The summed E-state index contributed by atoms with van der Waals surface area (Å²) in [4.78, 5) is 12.3. The zero-order valence-electron chi connectivity index (χ0n) is 14.7. The first-order valence-corrected chi connectivity index (χ1v) is 7.96. The normalized spacial score (nSPS) is 11.6. The number of hydrogen-bond acceptors (Lipinski definition) is 4. The number of aliphatic hydroxyl groups is 1. The third-order valence-electron chi connectivity index (χ3n) is 3.58. The summed E-state index contributed by atoms with van der Waals surface area (Å²) in [6, 6.07) is 12.4. The molecule has 25 heavy (non-hydrogen) atoms. The number of aryl methyl sites for hydroxylation is 1. The number of nitrogens with two attached hydrogens (primary N) is 1. The van der Waals surface area contributed by atoms with Crippen molar-refractivity contribution < 1.29 is 14.6 Å². The molecule has 0 saturated carbocycles. The molecule has 0 fully saturated rings. The Labute approximate surface area is 154 Å². The van der Waals surface area contributed by atoms with Gasteiger partial charge < -0.3 is 20.9 Å². The van der Waals surface area contributed by atoms with Gasteiger partial charge in [-0.25, -0.2) is 0 Å². The minimum Gasteiger partial charge on any atom is -0.491 e. The van der Waals surface area contributed by atoms with Crippen LogP contribution in [-0.2, 0) is 0 Å². The van der Waals surface area contributed by atoms with Crippen molar-refractivity contribution in [3.8, 4) is 5.75 Å². The molecule has 1 unspecified atom stereocenters. The van der Waals surface area contributed by atoms with Crippen LogP contribution in [0.15, 0.2) is 42.5 Å². The maximum atomic E-state index is 12.3. The molecule has 0 spiro atoms. The summed E-state index contributed by atoms with van der Waals surface area (Å²) in [6.07, 6.45) is -0.755. The lowest BCUT2D eigenvalue weighted by molar-refractivity contribution is 0.0915. The van der Waals surface area contributed by atoms with E-state index in [4.69, 9.17) is 10.5 Å². The zero-order chi connectivity index (χ0) is 17.7. The topological polar surface area (TPSA) is 84.6 Å². The van der Waals surface area contributed by atoms with Crippen molar-refractivity contribution in [3.63, 3.8) is 0 Å². The number of carbonyl (C=O) groups excluding carboxylic acids is 1. The molecular weight excluding hydrogens is 340 g/mol. The molecule has 0 aliphatic rings. The first kappa shape index (κ1) is 20.8. The van der Waals surface area contributed by atoms with E-state index in [2.05, 4.69) is 5.32 Å². The maximum absolute atomic E-state index is 12.3. The quantitative estimate of drug-likeness (QED) is 0.687. The second kappa shape index (κ2) is 9.30. The number of nitrogen functional groups attached to an aromatic ring is 1. The molecular formula is C19H25ClN2O3. The highest BCUT2D eigenvalue weighted by Crippen LogP contribution is 2.20. The van der Waals surface area contributed by atoms with E-state index >= 15 is 0 Å². The molecule has 4 N–H and O–H groups in total. The first-order valence-electron chi connectivity index (χ1n) is 7.96. The minimum atomic E-state index is -0.814. The fourth-order valence-electron chi connectivity index (χ4n) is 2.35. The van der Waals surface area contributed by atoms with Gasteiger partial charge in [-0.2, -0.15) is 0 Å². The molecule has 136 valence electrons. The van der Waals surface area contributed by atoms with Crippen molar-refractivity contribution in [1.82, 2.24) is 5.32 Å². The second-order valence-corrected chi connectivity index (χ2v) is 6.04. The summed E-state index contributed by atoms with van der Waals surface area (Å²) in [6.45, 7) is 5.84. The Morgan fingerprint density at radius 2 is 1.96 bits per heavy atom. The average Bonchev–Trinajstić information content (AvgIpc) is 2.54. The highest BCUT2D eigenvalue weighted by molar-refractivity contribution is 5.96. The van der Waals surface area contributed by atoms with Crippen molar-refractivity contribution in [2.75, 3.05) is 12.3 Å². The van der Waals surface area contributed by atoms with Crippen molar-refractivity contribution in [1.29, 1.82) is 0 Å². The third kappa shape index (κ3) is 5.96. The molecule has 5 nitrogen and oxygen atoms in total. The lowest BCUT2D eigenvalue weighted by Gasteiger charge is -2.15. The Morgan fingerprint density at radius 3 is 2.64 bits per heavy atom. The van der Waals surface area contributed by atoms with E-state index < -0.39 is 6.10 Å². The zero-order valence-corrected chi connectivity index (χ0v) is 15.5. The molecule has 2 aromatic carbocycles. The van der Waals surface area contributed by atoms with Gasteiger partial charge in [-0.15, -0.1) is 12.4 Å². The molecule has 6 heteroatoms. The van der Waals surface area contributed by atoms with Crippen LogP contribution in [0.3, 0.4) is 0 Å². The summed E-state index contributed by atoms with van der Waals surface area (Å²) < 4.78 is 5.62. The number of nitrogens with one attached hydrogen (secondary N) is 1. The Morgan fingerprint density at radius 1 is 1.24 bits per heavy atom. The molecule has 0 saturated heterocycles. The van der Waals surface area contributed by atoms with Crippen molar-refractivity contribution in [2.24, 2.45) is 0 Å². The summed E-state index contributed by atoms with van der Waals surface area (Å²) in [5, 5.41) is 13.0. The number of benzene rings is 2. The Kier molecular flexibility index (Phi) is 7.74. The molecule has 0 bridgehead atoms. The van der Waals surface area contributed by atoms with Gasteiger partial charge in [0.2, 0.25) is 0 Å².